The van der Waals surface area contributed by atoms with Crippen LogP contribution in [0.5, 0.6) is 0 Å². The van der Waals surface area contributed by atoms with Gasteiger partial charge in [0.2, 0.25) is 15.7 Å². The summed E-state index contributed by atoms with van der Waals surface area (Å²) in [6.07, 6.45) is 0. The summed E-state index contributed by atoms with van der Waals surface area (Å²) >= 11 is 1.43. The molecule has 0 aliphatic carbocycles. The molecular formula is C16H15F2N3O3S2. The summed E-state index contributed by atoms with van der Waals surface area (Å²) in [5.41, 5.74) is -4.19. The second-order valence-electron chi connectivity index (χ2n) is 6.50. The predicted molar refractivity (Wildman–Crippen MR) is 91.7 cm³/mol. The van der Waals surface area contributed by atoms with E-state index >= 15 is 0 Å². The van der Waals surface area contributed by atoms with Crippen LogP contribution in [0, 0.1) is 6.92 Å². The van der Waals surface area contributed by atoms with Gasteiger partial charge >= 0.3 is 0 Å². The third-order valence-electron chi connectivity index (χ3n) is 4.81. The number of thiazole rings is 1. The van der Waals surface area contributed by atoms with Crippen LogP contribution in [-0.4, -0.2) is 54.6 Å². The number of hydrogen-bond donors (Lipinski definition) is 1. The fourth-order valence-corrected chi connectivity index (χ4v) is 5.48. The van der Waals surface area contributed by atoms with Crippen LogP contribution in [0.15, 0.2) is 34.5 Å². The van der Waals surface area contributed by atoms with Crippen LogP contribution in [0.1, 0.15) is 5.01 Å². The molecule has 0 saturated carbocycles. The first-order valence-electron chi connectivity index (χ1n) is 7.85. The molecule has 3 heterocycles. The van der Waals surface area contributed by atoms with Gasteiger partial charge in [0.1, 0.15) is 0 Å². The number of benzene rings is 1. The number of carbonyl (C=O) groups excluding carboxylic acids is 1. The Hall–Kier alpha value is -1.91. The molecule has 4 rings (SSSR count). The van der Waals surface area contributed by atoms with Gasteiger partial charge in [0.15, 0.2) is 5.67 Å². The van der Waals surface area contributed by atoms with E-state index in [2.05, 4.69) is 10.3 Å². The molecule has 26 heavy (non-hydrogen) atoms. The molecule has 6 nitrogen and oxygen atoms in total. The number of aromatic nitrogens is 1. The number of halogens is 2. The Morgan fingerprint density at radius 3 is 2.73 bits per heavy atom. The molecule has 2 aliphatic heterocycles. The summed E-state index contributed by atoms with van der Waals surface area (Å²) in [6.45, 7) is -0.237. The van der Waals surface area contributed by atoms with Gasteiger partial charge in [0, 0.05) is 10.9 Å². The van der Waals surface area contributed by atoms with E-state index in [9.17, 15) is 22.0 Å². The number of rotatable bonds is 3. The van der Waals surface area contributed by atoms with Crippen molar-refractivity contribution in [3.8, 4) is 11.3 Å². The maximum absolute atomic E-state index is 14.8. The Morgan fingerprint density at radius 1 is 1.31 bits per heavy atom. The van der Waals surface area contributed by atoms with Gasteiger partial charge in [-0.25, -0.2) is 22.2 Å². The SMILES string of the molecule is Cc1nc(-c2cccc(S(=O)(=O)N3C[C@]4(F)CNC(=O)[C@]4(F)C3)c2)cs1. The van der Waals surface area contributed by atoms with E-state index in [0.29, 0.717) is 15.6 Å². The second kappa shape index (κ2) is 5.54. The van der Waals surface area contributed by atoms with Crippen LogP contribution in [0.3, 0.4) is 0 Å². The maximum Gasteiger partial charge on any atom is 0.262 e. The lowest BCUT2D eigenvalue weighted by Gasteiger charge is -2.19. The molecular weight excluding hydrogens is 384 g/mol. The molecule has 2 aliphatic rings. The van der Waals surface area contributed by atoms with E-state index in [-0.39, 0.29) is 4.90 Å². The normalized spacial score (nSPS) is 29.0. The summed E-state index contributed by atoms with van der Waals surface area (Å²) < 4.78 is 56.1. The first-order chi connectivity index (χ1) is 12.2. The average molecular weight is 399 g/mol. The summed E-state index contributed by atoms with van der Waals surface area (Å²) in [5.74, 6) is -1.11. The number of aryl methyl sites for hydroxylation is 1. The zero-order valence-corrected chi connectivity index (χ0v) is 15.3. The number of nitrogens with zero attached hydrogens (tertiary/aromatic N) is 2. The Balaban J connectivity index is 1.69. The maximum atomic E-state index is 14.8. The number of hydrogen-bond acceptors (Lipinski definition) is 5. The van der Waals surface area contributed by atoms with Crippen LogP contribution in [0.4, 0.5) is 8.78 Å². The van der Waals surface area contributed by atoms with Gasteiger partial charge in [-0.2, -0.15) is 4.31 Å². The molecule has 10 heteroatoms. The van der Waals surface area contributed by atoms with E-state index in [4.69, 9.17) is 0 Å². The van der Waals surface area contributed by atoms with Gasteiger partial charge in [-0.15, -0.1) is 11.3 Å². The highest BCUT2D eigenvalue weighted by atomic mass is 32.2. The van der Waals surface area contributed by atoms with Crippen molar-refractivity contribution in [3.63, 3.8) is 0 Å². The van der Waals surface area contributed by atoms with Crippen LogP contribution < -0.4 is 5.32 Å². The van der Waals surface area contributed by atoms with E-state index < -0.39 is 46.9 Å². The van der Waals surface area contributed by atoms with Crippen molar-refractivity contribution in [1.82, 2.24) is 14.6 Å². The molecule has 0 radical (unpaired) electrons. The number of carbonyl (C=O) groups is 1. The minimum atomic E-state index is -4.16. The van der Waals surface area contributed by atoms with Crippen LogP contribution in [0.2, 0.25) is 0 Å². The lowest BCUT2D eigenvalue weighted by Crippen LogP contribution is -2.47. The number of alkyl halides is 2. The fourth-order valence-electron chi connectivity index (χ4n) is 3.31. The topological polar surface area (TPSA) is 79.4 Å². The highest BCUT2D eigenvalue weighted by Gasteiger charge is 2.70. The van der Waals surface area contributed by atoms with Gasteiger partial charge in [0.25, 0.3) is 5.91 Å². The van der Waals surface area contributed by atoms with Gasteiger partial charge in [0.05, 0.1) is 35.2 Å². The molecule has 0 bridgehead atoms. The molecule has 1 N–H and O–H groups in total. The molecule has 138 valence electrons. The predicted octanol–water partition coefficient (Wildman–Crippen LogP) is 1.67. The van der Waals surface area contributed by atoms with Gasteiger partial charge in [-0.1, -0.05) is 12.1 Å². The Labute approximate surface area is 152 Å². The number of fused-ring (bicyclic) bond motifs is 1. The Kier molecular flexibility index (Phi) is 3.73. The highest BCUT2D eigenvalue weighted by molar-refractivity contribution is 7.89. The minimum Gasteiger partial charge on any atom is -0.350 e. The molecule has 1 aromatic carbocycles. The summed E-state index contributed by atoms with van der Waals surface area (Å²) in [6, 6.07) is 6.06. The third kappa shape index (κ3) is 2.39. The average Bonchev–Trinajstić information content (AvgIpc) is 3.21. The summed E-state index contributed by atoms with van der Waals surface area (Å²) in [5, 5.41) is 4.77. The number of amides is 1. The molecule has 2 aromatic rings. The Bertz CT molecular complexity index is 1010. The third-order valence-corrected chi connectivity index (χ3v) is 7.37. The second-order valence-corrected chi connectivity index (χ2v) is 9.50. The fraction of sp³-hybridized carbons (Fsp3) is 0.375. The standard InChI is InChI=1S/C16H15F2N3O3S2/c1-10-20-13(6-25-10)11-3-2-4-12(5-11)26(23,24)21-8-15(17)7-19-14(22)16(15,18)9-21/h2-6H,7-9H2,1H3,(H,19,22)/t15-,16-/m1/s1. The zero-order chi connectivity index (χ0) is 18.7. The smallest absolute Gasteiger partial charge is 0.262 e. The zero-order valence-electron chi connectivity index (χ0n) is 13.7. The number of nitrogens with one attached hydrogen (secondary N) is 1. The molecule has 2 atom stereocenters. The van der Waals surface area contributed by atoms with Crippen molar-refractivity contribution in [1.29, 1.82) is 0 Å². The van der Waals surface area contributed by atoms with Gasteiger partial charge in [-0.05, 0) is 19.1 Å². The Morgan fingerprint density at radius 2 is 2.08 bits per heavy atom. The molecule has 0 spiro atoms. The molecule has 2 fully saturated rings. The molecule has 0 unspecified atom stereocenters. The van der Waals surface area contributed by atoms with Crippen molar-refractivity contribution in [2.75, 3.05) is 19.6 Å². The summed E-state index contributed by atoms with van der Waals surface area (Å²) in [4.78, 5) is 15.9. The van der Waals surface area contributed by atoms with Crippen molar-refractivity contribution < 1.29 is 22.0 Å². The minimum absolute atomic E-state index is 0.0896. The molecule has 1 aromatic heterocycles. The summed E-state index contributed by atoms with van der Waals surface area (Å²) in [7, 11) is -4.16. The van der Waals surface area contributed by atoms with Crippen LogP contribution >= 0.6 is 11.3 Å². The first-order valence-corrected chi connectivity index (χ1v) is 10.2. The van der Waals surface area contributed by atoms with Crippen LogP contribution in [0.25, 0.3) is 11.3 Å². The lowest BCUT2D eigenvalue weighted by molar-refractivity contribution is -0.131. The van der Waals surface area contributed by atoms with E-state index in [1.165, 1.54) is 23.5 Å². The highest BCUT2D eigenvalue weighted by Crippen LogP contribution is 2.44. The van der Waals surface area contributed by atoms with Crippen LogP contribution in [-0.2, 0) is 14.8 Å². The molecule has 1 amide bonds. The lowest BCUT2D eigenvalue weighted by atomic mass is 9.93. The monoisotopic (exact) mass is 399 g/mol. The largest absolute Gasteiger partial charge is 0.350 e. The van der Waals surface area contributed by atoms with Crippen molar-refractivity contribution in [2.24, 2.45) is 0 Å². The van der Waals surface area contributed by atoms with Gasteiger partial charge < -0.3 is 5.32 Å². The van der Waals surface area contributed by atoms with Crippen molar-refractivity contribution >= 4 is 27.3 Å². The van der Waals surface area contributed by atoms with Crippen molar-refractivity contribution in [2.45, 2.75) is 23.2 Å². The number of sulfonamides is 1. The van der Waals surface area contributed by atoms with E-state index in [0.717, 1.165) is 5.01 Å². The first kappa shape index (κ1) is 17.5. The van der Waals surface area contributed by atoms with E-state index in [1.54, 1.807) is 17.5 Å². The van der Waals surface area contributed by atoms with E-state index in [1.807, 2.05) is 6.92 Å². The van der Waals surface area contributed by atoms with Crippen molar-refractivity contribution in [3.05, 3.63) is 34.7 Å². The van der Waals surface area contributed by atoms with Gasteiger partial charge in [-0.3, -0.25) is 4.79 Å². The molecule has 2 saturated heterocycles. The quantitative estimate of drug-likeness (QED) is 0.852.